The summed E-state index contributed by atoms with van der Waals surface area (Å²) in [7, 11) is 0. The fraction of sp³-hybridized carbons (Fsp3) is 0.600. The van der Waals surface area contributed by atoms with Gasteiger partial charge >= 0.3 is 0 Å². The van der Waals surface area contributed by atoms with E-state index in [0.717, 1.165) is 25.6 Å². The topological polar surface area (TPSA) is 24.1 Å². The molecule has 1 heterocycles. The fourth-order valence-corrected chi connectivity index (χ4v) is 2.38. The van der Waals surface area contributed by atoms with Crippen molar-refractivity contribution < 1.29 is 0 Å². The first-order valence-electron chi connectivity index (χ1n) is 6.80. The molecule has 2 N–H and O–H groups in total. The highest BCUT2D eigenvalue weighted by molar-refractivity contribution is 5.46. The molecule has 2 nitrogen and oxygen atoms in total. The normalized spacial score (nSPS) is 17.4. The van der Waals surface area contributed by atoms with Gasteiger partial charge in [-0.05, 0) is 55.5 Å². The Bertz CT molecular complexity index is 341. The maximum atomic E-state index is 3.51. The van der Waals surface area contributed by atoms with Crippen molar-refractivity contribution in [2.24, 2.45) is 5.92 Å². The molecule has 0 amide bonds. The molecular weight excluding hydrogens is 208 g/mol. The Morgan fingerprint density at radius 2 is 2.06 bits per heavy atom. The summed E-state index contributed by atoms with van der Waals surface area (Å²) in [5.41, 5.74) is 2.77. The number of hydrogen-bond acceptors (Lipinski definition) is 2. The first kappa shape index (κ1) is 12.4. The van der Waals surface area contributed by atoms with E-state index in [1.807, 2.05) is 0 Å². The van der Waals surface area contributed by atoms with Crippen LogP contribution in [0.4, 0.5) is 5.69 Å². The Hall–Kier alpha value is -1.02. The van der Waals surface area contributed by atoms with E-state index in [9.17, 15) is 0 Å². The van der Waals surface area contributed by atoms with Crippen LogP contribution in [-0.2, 0) is 0 Å². The summed E-state index contributed by atoms with van der Waals surface area (Å²) >= 11 is 0. The molecule has 0 bridgehead atoms. The molecule has 0 atom stereocenters. The van der Waals surface area contributed by atoms with E-state index in [2.05, 4.69) is 48.7 Å². The van der Waals surface area contributed by atoms with Crippen LogP contribution in [0, 0.1) is 5.92 Å². The van der Waals surface area contributed by atoms with Crippen LogP contribution in [0.1, 0.15) is 38.2 Å². The van der Waals surface area contributed by atoms with Crippen LogP contribution in [0.15, 0.2) is 24.3 Å². The van der Waals surface area contributed by atoms with Crippen molar-refractivity contribution >= 4 is 5.69 Å². The molecule has 94 valence electrons. The monoisotopic (exact) mass is 232 g/mol. The van der Waals surface area contributed by atoms with Crippen molar-refractivity contribution in [1.29, 1.82) is 0 Å². The first-order chi connectivity index (χ1) is 8.25. The highest BCUT2D eigenvalue weighted by Gasteiger charge is 2.14. The average molecular weight is 232 g/mol. The summed E-state index contributed by atoms with van der Waals surface area (Å²) in [4.78, 5) is 0. The first-order valence-corrected chi connectivity index (χ1v) is 6.80. The number of hydrogen-bond donors (Lipinski definition) is 2. The molecule has 0 radical (unpaired) electrons. The zero-order chi connectivity index (χ0) is 12.1. The molecule has 2 heteroatoms. The van der Waals surface area contributed by atoms with E-state index in [1.165, 1.54) is 24.1 Å². The molecule has 1 aliphatic heterocycles. The third-order valence-electron chi connectivity index (χ3n) is 3.41. The lowest BCUT2D eigenvalue weighted by Crippen LogP contribution is -2.26. The summed E-state index contributed by atoms with van der Waals surface area (Å²) in [6, 6.07) is 8.96. The van der Waals surface area contributed by atoms with Crippen molar-refractivity contribution in [3.05, 3.63) is 29.8 Å². The lowest BCUT2D eigenvalue weighted by Gasteiger charge is -2.23. The van der Waals surface area contributed by atoms with Crippen molar-refractivity contribution in [2.45, 2.75) is 32.6 Å². The number of benzene rings is 1. The van der Waals surface area contributed by atoms with Crippen LogP contribution in [0.25, 0.3) is 0 Å². The largest absolute Gasteiger partial charge is 0.385 e. The van der Waals surface area contributed by atoms with Crippen molar-refractivity contribution in [2.75, 3.05) is 25.0 Å². The summed E-state index contributed by atoms with van der Waals surface area (Å²) in [5, 5.41) is 6.93. The molecule has 0 saturated carbocycles. The van der Waals surface area contributed by atoms with Gasteiger partial charge < -0.3 is 10.6 Å². The number of nitrogens with one attached hydrogen (secondary N) is 2. The minimum atomic E-state index is 0.692. The van der Waals surface area contributed by atoms with Gasteiger partial charge in [0.1, 0.15) is 0 Å². The van der Waals surface area contributed by atoms with Crippen LogP contribution in [-0.4, -0.2) is 19.6 Å². The summed E-state index contributed by atoms with van der Waals surface area (Å²) in [5.74, 6) is 1.44. The average Bonchev–Trinajstić information content (AvgIpc) is 2.38. The zero-order valence-electron chi connectivity index (χ0n) is 11.0. The maximum absolute atomic E-state index is 3.51. The zero-order valence-corrected chi connectivity index (χ0v) is 11.0. The van der Waals surface area contributed by atoms with E-state index in [0.29, 0.717) is 5.92 Å². The number of rotatable bonds is 4. The Kier molecular flexibility index (Phi) is 4.43. The quantitative estimate of drug-likeness (QED) is 0.833. The summed E-state index contributed by atoms with van der Waals surface area (Å²) in [6.07, 6.45) is 2.54. The van der Waals surface area contributed by atoms with E-state index in [1.54, 1.807) is 0 Å². The Balaban J connectivity index is 2.00. The fourth-order valence-electron chi connectivity index (χ4n) is 2.38. The van der Waals surface area contributed by atoms with Gasteiger partial charge in [0.15, 0.2) is 0 Å². The van der Waals surface area contributed by atoms with E-state index >= 15 is 0 Å². The molecule has 0 unspecified atom stereocenters. The van der Waals surface area contributed by atoms with Gasteiger partial charge in [-0.1, -0.05) is 26.0 Å². The SMILES string of the molecule is CC(C)CNc1cccc(C2CCNCC2)c1. The smallest absolute Gasteiger partial charge is 0.0343 e. The van der Waals surface area contributed by atoms with Gasteiger partial charge in [-0.15, -0.1) is 0 Å². The molecule has 1 aromatic rings. The van der Waals surface area contributed by atoms with Gasteiger partial charge in [-0.25, -0.2) is 0 Å². The van der Waals surface area contributed by atoms with Crippen LogP contribution in [0.5, 0.6) is 0 Å². The van der Waals surface area contributed by atoms with Crippen LogP contribution in [0.2, 0.25) is 0 Å². The Morgan fingerprint density at radius 1 is 1.29 bits per heavy atom. The number of piperidine rings is 1. The molecule has 1 aliphatic rings. The van der Waals surface area contributed by atoms with Crippen LogP contribution in [0.3, 0.4) is 0 Å². The van der Waals surface area contributed by atoms with Gasteiger partial charge in [-0.2, -0.15) is 0 Å². The summed E-state index contributed by atoms with van der Waals surface area (Å²) in [6.45, 7) is 7.85. The van der Waals surface area contributed by atoms with E-state index in [-0.39, 0.29) is 0 Å². The number of anilines is 1. The van der Waals surface area contributed by atoms with E-state index in [4.69, 9.17) is 0 Å². The minimum Gasteiger partial charge on any atom is -0.385 e. The molecule has 0 spiro atoms. The molecule has 2 rings (SSSR count). The van der Waals surface area contributed by atoms with Crippen LogP contribution < -0.4 is 10.6 Å². The van der Waals surface area contributed by atoms with Gasteiger partial charge in [-0.3, -0.25) is 0 Å². The summed E-state index contributed by atoms with van der Waals surface area (Å²) < 4.78 is 0. The van der Waals surface area contributed by atoms with Gasteiger partial charge in [0.05, 0.1) is 0 Å². The maximum Gasteiger partial charge on any atom is 0.0343 e. The molecule has 1 aromatic carbocycles. The van der Waals surface area contributed by atoms with Crippen molar-refractivity contribution in [3.63, 3.8) is 0 Å². The standard InChI is InChI=1S/C15H24N2/c1-12(2)11-17-15-5-3-4-14(10-15)13-6-8-16-9-7-13/h3-5,10,12-13,16-17H,6-9,11H2,1-2H3. The van der Waals surface area contributed by atoms with Gasteiger partial charge in [0.25, 0.3) is 0 Å². The second kappa shape index (κ2) is 6.06. The van der Waals surface area contributed by atoms with E-state index < -0.39 is 0 Å². The van der Waals surface area contributed by atoms with Crippen molar-refractivity contribution in [1.82, 2.24) is 5.32 Å². The van der Waals surface area contributed by atoms with Gasteiger partial charge in [0.2, 0.25) is 0 Å². The van der Waals surface area contributed by atoms with Crippen molar-refractivity contribution in [3.8, 4) is 0 Å². The Morgan fingerprint density at radius 3 is 2.76 bits per heavy atom. The third kappa shape index (κ3) is 3.74. The second-order valence-electron chi connectivity index (χ2n) is 5.42. The molecule has 1 saturated heterocycles. The third-order valence-corrected chi connectivity index (χ3v) is 3.41. The molecule has 1 fully saturated rings. The molecule has 0 aromatic heterocycles. The van der Waals surface area contributed by atoms with Crippen LogP contribution >= 0.6 is 0 Å². The van der Waals surface area contributed by atoms with Gasteiger partial charge in [0, 0.05) is 12.2 Å². The molecule has 17 heavy (non-hydrogen) atoms. The lowest BCUT2D eigenvalue weighted by atomic mass is 9.90. The predicted molar refractivity (Wildman–Crippen MR) is 74.6 cm³/mol. The Labute approximate surface area is 105 Å². The second-order valence-corrected chi connectivity index (χ2v) is 5.42. The minimum absolute atomic E-state index is 0.692. The molecular formula is C15H24N2. The lowest BCUT2D eigenvalue weighted by molar-refractivity contribution is 0.460. The highest BCUT2D eigenvalue weighted by atomic mass is 14.9. The predicted octanol–water partition coefficient (Wildman–Crippen LogP) is 3.22. The molecule has 0 aliphatic carbocycles. The highest BCUT2D eigenvalue weighted by Crippen LogP contribution is 2.26.